The minimum absolute atomic E-state index is 0.336. The van der Waals surface area contributed by atoms with Crippen molar-refractivity contribution in [2.75, 3.05) is 13.7 Å². The number of para-hydroxylation sites is 1. The Kier molecular flexibility index (Phi) is 5.59. The Balaban J connectivity index is 1.54. The topological polar surface area (TPSA) is 26.2 Å². The van der Waals surface area contributed by atoms with Crippen LogP contribution in [0.1, 0.15) is 40.6 Å². The van der Waals surface area contributed by atoms with Crippen molar-refractivity contribution >= 4 is 26.8 Å². The Morgan fingerprint density at radius 1 is 1.06 bits per heavy atom. The van der Waals surface area contributed by atoms with Crippen molar-refractivity contribution < 1.29 is 4.74 Å². The fourth-order valence-corrected chi connectivity index (χ4v) is 5.17. The number of aryl methyl sites for hydroxylation is 1. The Morgan fingerprint density at radius 3 is 2.77 bits per heavy atom. The Labute approximate surface area is 192 Å². The van der Waals surface area contributed by atoms with Gasteiger partial charge < -0.3 is 14.6 Å². The normalized spacial score (nSPS) is 18.5. The molecule has 2 heterocycles. The zero-order chi connectivity index (χ0) is 21.4. The molecule has 3 aromatic carbocycles. The molecule has 3 nitrogen and oxygen atoms in total. The van der Waals surface area contributed by atoms with Gasteiger partial charge in [-0.2, -0.15) is 0 Å². The Morgan fingerprint density at radius 2 is 1.94 bits per heavy atom. The molecule has 1 saturated heterocycles. The largest absolute Gasteiger partial charge is 0.497 e. The second kappa shape index (κ2) is 8.52. The van der Waals surface area contributed by atoms with Gasteiger partial charge in [0.15, 0.2) is 0 Å². The van der Waals surface area contributed by atoms with Gasteiger partial charge in [-0.05, 0) is 66.4 Å². The quantitative estimate of drug-likeness (QED) is 0.353. The van der Waals surface area contributed by atoms with Crippen LogP contribution >= 0.6 is 15.9 Å². The van der Waals surface area contributed by atoms with Gasteiger partial charge in [0.25, 0.3) is 0 Å². The van der Waals surface area contributed by atoms with Gasteiger partial charge in [-0.1, -0.05) is 58.4 Å². The lowest BCUT2D eigenvalue weighted by Gasteiger charge is -2.21. The molecule has 1 fully saturated rings. The predicted octanol–water partition coefficient (Wildman–Crippen LogP) is 6.59. The monoisotopic (exact) mass is 474 g/mol. The zero-order valence-electron chi connectivity index (χ0n) is 17.9. The molecule has 4 heteroatoms. The lowest BCUT2D eigenvalue weighted by atomic mass is 9.87. The summed E-state index contributed by atoms with van der Waals surface area (Å²) in [6.07, 6.45) is 3.52. The fraction of sp³-hybridized carbons (Fsp3) is 0.259. The number of nitrogens with one attached hydrogen (secondary N) is 1. The lowest BCUT2D eigenvalue weighted by Crippen LogP contribution is -2.17. The minimum atomic E-state index is 0.336. The smallest absolute Gasteiger partial charge is 0.119 e. The van der Waals surface area contributed by atoms with Crippen molar-refractivity contribution in [3.05, 3.63) is 99.7 Å². The standard InChI is InChI=1S/C27H27BrN2O/c1-18-14-20(10-11-25(18)28)27-23(12-13-29-27)24-17-30(26-9-4-3-8-22(24)26)16-19-6-5-7-21(15-19)31-2/h3-11,14-15,17,23,27,29H,12-13,16H2,1-2H3. The first-order valence-electron chi connectivity index (χ1n) is 10.8. The minimum Gasteiger partial charge on any atom is -0.497 e. The van der Waals surface area contributed by atoms with E-state index in [1.165, 1.54) is 37.6 Å². The molecule has 0 saturated carbocycles. The van der Waals surface area contributed by atoms with Crippen LogP contribution in [0.5, 0.6) is 5.75 Å². The van der Waals surface area contributed by atoms with E-state index < -0.39 is 0 Å². The summed E-state index contributed by atoms with van der Waals surface area (Å²) >= 11 is 3.64. The molecule has 0 bridgehead atoms. The van der Waals surface area contributed by atoms with Gasteiger partial charge in [0.2, 0.25) is 0 Å². The summed E-state index contributed by atoms with van der Waals surface area (Å²) in [6.45, 7) is 4.04. The van der Waals surface area contributed by atoms with E-state index in [1.54, 1.807) is 7.11 Å². The molecule has 1 N–H and O–H groups in total. The van der Waals surface area contributed by atoms with Gasteiger partial charge in [0.05, 0.1) is 7.11 Å². The van der Waals surface area contributed by atoms with Crippen LogP contribution in [-0.4, -0.2) is 18.2 Å². The van der Waals surface area contributed by atoms with Crippen molar-refractivity contribution in [2.45, 2.75) is 31.8 Å². The molecule has 0 aliphatic carbocycles. The summed E-state index contributed by atoms with van der Waals surface area (Å²) in [6, 6.07) is 24.2. The molecule has 5 rings (SSSR count). The summed E-state index contributed by atoms with van der Waals surface area (Å²) < 4.78 is 8.98. The van der Waals surface area contributed by atoms with Gasteiger partial charge in [-0.3, -0.25) is 0 Å². The van der Waals surface area contributed by atoms with E-state index in [-0.39, 0.29) is 0 Å². The highest BCUT2D eigenvalue weighted by Crippen LogP contribution is 2.42. The molecular weight excluding hydrogens is 448 g/mol. The number of halogens is 1. The van der Waals surface area contributed by atoms with E-state index in [1.807, 2.05) is 6.07 Å². The third-order valence-electron chi connectivity index (χ3n) is 6.47. The second-order valence-electron chi connectivity index (χ2n) is 8.42. The van der Waals surface area contributed by atoms with Crippen molar-refractivity contribution in [1.29, 1.82) is 0 Å². The van der Waals surface area contributed by atoms with Gasteiger partial charge >= 0.3 is 0 Å². The number of rotatable bonds is 5. The van der Waals surface area contributed by atoms with Gasteiger partial charge in [0.1, 0.15) is 5.75 Å². The van der Waals surface area contributed by atoms with E-state index in [0.29, 0.717) is 12.0 Å². The zero-order valence-corrected chi connectivity index (χ0v) is 19.5. The van der Waals surface area contributed by atoms with Gasteiger partial charge in [-0.25, -0.2) is 0 Å². The molecular formula is C27H27BrN2O. The predicted molar refractivity (Wildman–Crippen MR) is 131 cm³/mol. The fourth-order valence-electron chi connectivity index (χ4n) is 4.92. The number of ether oxygens (including phenoxy) is 1. The van der Waals surface area contributed by atoms with Crippen LogP contribution in [0.25, 0.3) is 10.9 Å². The van der Waals surface area contributed by atoms with Gasteiger partial charge in [-0.15, -0.1) is 0 Å². The number of methoxy groups -OCH3 is 1. The molecule has 0 radical (unpaired) electrons. The van der Waals surface area contributed by atoms with Crippen LogP contribution in [-0.2, 0) is 6.54 Å². The Hall–Kier alpha value is -2.56. The van der Waals surface area contributed by atoms with Crippen LogP contribution in [0.4, 0.5) is 0 Å². The maximum absolute atomic E-state index is 5.43. The van der Waals surface area contributed by atoms with Crippen molar-refractivity contribution in [2.24, 2.45) is 0 Å². The SMILES string of the molecule is COc1cccc(Cn2cc(C3CCNC3c3ccc(Br)c(C)c3)c3ccccc32)c1. The highest BCUT2D eigenvalue weighted by Gasteiger charge is 2.32. The van der Waals surface area contributed by atoms with E-state index in [0.717, 1.165) is 25.3 Å². The highest BCUT2D eigenvalue weighted by atomic mass is 79.9. The number of benzene rings is 3. The summed E-state index contributed by atoms with van der Waals surface area (Å²) in [5.41, 5.74) is 6.63. The number of aromatic nitrogens is 1. The molecule has 1 aliphatic rings. The number of hydrogen-bond acceptors (Lipinski definition) is 2. The third-order valence-corrected chi connectivity index (χ3v) is 7.36. The second-order valence-corrected chi connectivity index (χ2v) is 9.27. The Bertz CT molecular complexity index is 1230. The highest BCUT2D eigenvalue weighted by molar-refractivity contribution is 9.10. The molecule has 31 heavy (non-hydrogen) atoms. The molecule has 2 unspecified atom stereocenters. The van der Waals surface area contributed by atoms with Gasteiger partial charge in [0, 0.05) is 40.1 Å². The molecule has 1 aromatic heterocycles. The summed E-state index contributed by atoms with van der Waals surface area (Å²) in [5, 5.41) is 5.12. The first-order valence-corrected chi connectivity index (χ1v) is 11.6. The maximum atomic E-state index is 5.43. The molecule has 4 aromatic rings. The average molecular weight is 475 g/mol. The number of nitrogens with zero attached hydrogens (tertiary/aromatic N) is 1. The summed E-state index contributed by atoms with van der Waals surface area (Å²) in [4.78, 5) is 0. The molecule has 1 aliphatic heterocycles. The van der Waals surface area contributed by atoms with Crippen molar-refractivity contribution in [3.63, 3.8) is 0 Å². The average Bonchev–Trinajstić information content (AvgIpc) is 3.41. The molecule has 0 spiro atoms. The molecule has 158 valence electrons. The van der Waals surface area contributed by atoms with Crippen LogP contribution in [0.15, 0.2) is 77.4 Å². The van der Waals surface area contributed by atoms with E-state index in [2.05, 4.69) is 99.6 Å². The summed E-state index contributed by atoms with van der Waals surface area (Å²) in [5.74, 6) is 1.36. The lowest BCUT2D eigenvalue weighted by molar-refractivity contribution is 0.414. The van der Waals surface area contributed by atoms with Crippen molar-refractivity contribution in [3.8, 4) is 5.75 Å². The van der Waals surface area contributed by atoms with Crippen molar-refractivity contribution in [1.82, 2.24) is 9.88 Å². The molecule has 2 atom stereocenters. The first kappa shape index (κ1) is 20.3. The third kappa shape index (κ3) is 3.90. The van der Waals surface area contributed by atoms with E-state index >= 15 is 0 Å². The summed E-state index contributed by atoms with van der Waals surface area (Å²) in [7, 11) is 1.72. The molecule has 0 amide bonds. The first-order chi connectivity index (χ1) is 15.1. The van der Waals surface area contributed by atoms with Crippen LogP contribution < -0.4 is 10.1 Å². The number of fused-ring (bicyclic) bond motifs is 1. The maximum Gasteiger partial charge on any atom is 0.119 e. The van der Waals surface area contributed by atoms with E-state index in [9.17, 15) is 0 Å². The van der Waals surface area contributed by atoms with Crippen LogP contribution in [0, 0.1) is 6.92 Å². The number of hydrogen-bond donors (Lipinski definition) is 1. The van der Waals surface area contributed by atoms with Crippen LogP contribution in [0.3, 0.4) is 0 Å². The van der Waals surface area contributed by atoms with E-state index in [4.69, 9.17) is 4.74 Å². The van der Waals surface area contributed by atoms with Crippen LogP contribution in [0.2, 0.25) is 0 Å².